The van der Waals surface area contributed by atoms with Gasteiger partial charge >= 0.3 is 11.9 Å². The number of carboxylic acid groups (broad SMARTS) is 1. The van der Waals surface area contributed by atoms with E-state index < -0.39 is 11.9 Å². The van der Waals surface area contributed by atoms with E-state index in [-0.39, 0.29) is 31.3 Å². The molecule has 6 heteroatoms. The van der Waals surface area contributed by atoms with Crippen molar-refractivity contribution in [1.29, 1.82) is 0 Å². The predicted molar refractivity (Wildman–Crippen MR) is 58.2 cm³/mol. The molecule has 6 nitrogen and oxygen atoms in total. The van der Waals surface area contributed by atoms with Crippen molar-refractivity contribution in [3.63, 3.8) is 0 Å². The molecule has 1 amide bonds. The molecule has 1 aliphatic rings. The second-order valence-corrected chi connectivity index (χ2v) is 3.99. The number of ether oxygens (including phenoxy) is 1. The smallest absolute Gasteiger partial charge is 0.308 e. The number of carboxylic acids is 1. The number of nitrogens with zero attached hydrogens (tertiary/aromatic N) is 1. The van der Waals surface area contributed by atoms with Gasteiger partial charge < -0.3 is 14.7 Å². The van der Waals surface area contributed by atoms with Crippen LogP contribution in [-0.4, -0.2) is 47.5 Å². The van der Waals surface area contributed by atoms with Crippen LogP contribution < -0.4 is 0 Å². The van der Waals surface area contributed by atoms with Crippen molar-refractivity contribution >= 4 is 17.8 Å². The molecule has 0 aromatic rings. The van der Waals surface area contributed by atoms with Gasteiger partial charge in [0.05, 0.1) is 12.5 Å². The topological polar surface area (TPSA) is 83.9 Å². The molecule has 1 saturated heterocycles. The number of carbonyl (C=O) groups excluding carboxylic acids is 2. The number of aliphatic carboxylic acids is 1. The molecular formula is C11H17NO5. The molecule has 1 atom stereocenters. The highest BCUT2D eigenvalue weighted by molar-refractivity contribution is 5.86. The van der Waals surface area contributed by atoms with Crippen molar-refractivity contribution < 1.29 is 24.2 Å². The molecule has 17 heavy (non-hydrogen) atoms. The molecule has 1 unspecified atom stereocenters. The van der Waals surface area contributed by atoms with Crippen LogP contribution in [0, 0.1) is 5.92 Å². The first-order chi connectivity index (χ1) is 8.04. The Hall–Kier alpha value is -1.59. The summed E-state index contributed by atoms with van der Waals surface area (Å²) in [5.74, 6) is -1.98. The van der Waals surface area contributed by atoms with E-state index in [0.29, 0.717) is 19.6 Å². The largest absolute Gasteiger partial charge is 0.481 e. The summed E-state index contributed by atoms with van der Waals surface area (Å²) in [5, 5.41) is 8.78. The molecular weight excluding hydrogens is 226 g/mol. The summed E-state index contributed by atoms with van der Waals surface area (Å²) in [5.41, 5.74) is 0. The highest BCUT2D eigenvalue weighted by atomic mass is 16.5. The Morgan fingerprint density at radius 3 is 2.76 bits per heavy atom. The second kappa shape index (κ2) is 6.22. The second-order valence-electron chi connectivity index (χ2n) is 3.99. The number of likely N-dealkylation sites (tertiary alicyclic amines) is 1. The maximum atomic E-state index is 11.4. The number of rotatable bonds is 6. The number of amides is 1. The molecule has 1 aliphatic heterocycles. The van der Waals surface area contributed by atoms with Gasteiger partial charge in [0, 0.05) is 25.9 Å². The Balaban J connectivity index is 2.26. The van der Waals surface area contributed by atoms with Crippen molar-refractivity contribution in [3.8, 4) is 0 Å². The molecule has 0 spiro atoms. The SMILES string of the molecule is CCOC(=O)CCCN1CC(C(=O)O)CC1=O. The van der Waals surface area contributed by atoms with Crippen LogP contribution >= 0.6 is 0 Å². The fourth-order valence-corrected chi connectivity index (χ4v) is 1.80. The highest BCUT2D eigenvalue weighted by Gasteiger charge is 2.33. The fourth-order valence-electron chi connectivity index (χ4n) is 1.80. The van der Waals surface area contributed by atoms with Crippen molar-refractivity contribution in [2.45, 2.75) is 26.2 Å². The van der Waals surface area contributed by atoms with Crippen molar-refractivity contribution in [2.75, 3.05) is 19.7 Å². The van der Waals surface area contributed by atoms with Crippen LogP contribution in [-0.2, 0) is 19.1 Å². The van der Waals surface area contributed by atoms with Crippen LogP contribution in [0.3, 0.4) is 0 Å². The third kappa shape index (κ3) is 4.05. The highest BCUT2D eigenvalue weighted by Crippen LogP contribution is 2.18. The van der Waals surface area contributed by atoms with E-state index in [1.165, 1.54) is 4.90 Å². The van der Waals surface area contributed by atoms with Gasteiger partial charge in [-0.1, -0.05) is 0 Å². The average Bonchev–Trinajstić information content (AvgIpc) is 2.61. The molecule has 0 bridgehead atoms. The lowest BCUT2D eigenvalue weighted by Crippen LogP contribution is -2.27. The Bertz CT molecular complexity index is 315. The quantitative estimate of drug-likeness (QED) is 0.676. The third-order valence-electron chi connectivity index (χ3n) is 2.68. The maximum absolute atomic E-state index is 11.4. The fraction of sp³-hybridized carbons (Fsp3) is 0.727. The number of esters is 1. The normalized spacial score (nSPS) is 19.5. The van der Waals surface area contributed by atoms with E-state index in [1.54, 1.807) is 6.92 Å². The Kier molecular flexibility index (Phi) is 4.93. The number of hydrogen-bond donors (Lipinski definition) is 1. The van der Waals surface area contributed by atoms with E-state index in [1.807, 2.05) is 0 Å². The van der Waals surface area contributed by atoms with Crippen LogP contribution in [0.2, 0.25) is 0 Å². The van der Waals surface area contributed by atoms with E-state index in [2.05, 4.69) is 0 Å². The zero-order valence-electron chi connectivity index (χ0n) is 9.85. The summed E-state index contributed by atoms with van der Waals surface area (Å²) in [6, 6.07) is 0. The zero-order valence-corrected chi connectivity index (χ0v) is 9.85. The van der Waals surface area contributed by atoms with Crippen LogP contribution in [0.1, 0.15) is 26.2 Å². The lowest BCUT2D eigenvalue weighted by molar-refractivity contribution is -0.144. The summed E-state index contributed by atoms with van der Waals surface area (Å²) >= 11 is 0. The average molecular weight is 243 g/mol. The number of hydrogen-bond acceptors (Lipinski definition) is 4. The van der Waals surface area contributed by atoms with E-state index in [4.69, 9.17) is 9.84 Å². The van der Waals surface area contributed by atoms with Gasteiger partial charge in [0.1, 0.15) is 0 Å². The summed E-state index contributed by atoms with van der Waals surface area (Å²) in [4.78, 5) is 34.7. The lowest BCUT2D eigenvalue weighted by atomic mass is 10.1. The van der Waals surface area contributed by atoms with Crippen molar-refractivity contribution in [2.24, 2.45) is 5.92 Å². The van der Waals surface area contributed by atoms with Gasteiger partial charge in [-0.15, -0.1) is 0 Å². The summed E-state index contributed by atoms with van der Waals surface area (Å²) in [6.07, 6.45) is 0.834. The van der Waals surface area contributed by atoms with Gasteiger partial charge in [-0.05, 0) is 13.3 Å². The Morgan fingerprint density at radius 1 is 1.53 bits per heavy atom. The van der Waals surface area contributed by atoms with Gasteiger partial charge in [0.2, 0.25) is 5.91 Å². The standard InChI is InChI=1S/C11H17NO5/c1-2-17-10(14)4-3-5-12-7-8(11(15)16)6-9(12)13/h8H,2-7H2,1H3,(H,15,16). The van der Waals surface area contributed by atoms with Crippen LogP contribution in [0.4, 0.5) is 0 Å². The van der Waals surface area contributed by atoms with E-state index >= 15 is 0 Å². The van der Waals surface area contributed by atoms with Crippen LogP contribution in [0.5, 0.6) is 0 Å². The van der Waals surface area contributed by atoms with Crippen molar-refractivity contribution in [1.82, 2.24) is 4.90 Å². The van der Waals surface area contributed by atoms with Gasteiger partial charge in [-0.2, -0.15) is 0 Å². The summed E-state index contributed by atoms with van der Waals surface area (Å²) < 4.78 is 4.76. The molecule has 1 N–H and O–H groups in total. The Labute approximate surface area is 99.5 Å². The molecule has 0 aromatic heterocycles. The summed E-state index contributed by atoms with van der Waals surface area (Å²) in [6.45, 7) is 2.75. The monoisotopic (exact) mass is 243 g/mol. The van der Waals surface area contributed by atoms with Gasteiger partial charge in [0.15, 0.2) is 0 Å². The Morgan fingerprint density at radius 2 is 2.24 bits per heavy atom. The molecule has 1 heterocycles. The van der Waals surface area contributed by atoms with E-state index in [0.717, 1.165) is 0 Å². The first-order valence-corrected chi connectivity index (χ1v) is 5.70. The molecule has 0 aliphatic carbocycles. The lowest BCUT2D eigenvalue weighted by Gasteiger charge is -2.15. The molecule has 0 radical (unpaired) electrons. The minimum Gasteiger partial charge on any atom is -0.481 e. The predicted octanol–water partition coefficient (Wildman–Crippen LogP) is 0.263. The number of carbonyl (C=O) groups is 3. The van der Waals surface area contributed by atoms with Crippen LogP contribution in [0.25, 0.3) is 0 Å². The minimum atomic E-state index is -0.939. The van der Waals surface area contributed by atoms with Crippen molar-refractivity contribution in [3.05, 3.63) is 0 Å². The molecule has 1 rings (SSSR count). The molecule has 1 fully saturated rings. The molecule has 96 valence electrons. The van der Waals surface area contributed by atoms with Gasteiger partial charge in [-0.25, -0.2) is 0 Å². The molecule has 0 aromatic carbocycles. The zero-order chi connectivity index (χ0) is 12.8. The third-order valence-corrected chi connectivity index (χ3v) is 2.68. The first kappa shape index (κ1) is 13.5. The van der Waals surface area contributed by atoms with E-state index in [9.17, 15) is 14.4 Å². The van der Waals surface area contributed by atoms with Crippen LogP contribution in [0.15, 0.2) is 0 Å². The van der Waals surface area contributed by atoms with Gasteiger partial charge in [0.25, 0.3) is 0 Å². The maximum Gasteiger partial charge on any atom is 0.308 e. The summed E-state index contributed by atoms with van der Waals surface area (Å²) in [7, 11) is 0. The molecule has 0 saturated carbocycles. The first-order valence-electron chi connectivity index (χ1n) is 5.70. The van der Waals surface area contributed by atoms with Gasteiger partial charge in [-0.3, -0.25) is 14.4 Å². The minimum absolute atomic E-state index is 0.0642.